The number of carbonyl (C=O) groups excluding carboxylic acids is 2. The van der Waals surface area contributed by atoms with Crippen LogP contribution in [0.15, 0.2) is 61.2 Å². The van der Waals surface area contributed by atoms with E-state index < -0.39 is 0 Å². The van der Waals surface area contributed by atoms with E-state index in [4.69, 9.17) is 0 Å². The molecule has 4 rings (SSSR count). The van der Waals surface area contributed by atoms with Gasteiger partial charge in [-0.2, -0.15) is 5.10 Å². The molecule has 0 unspecified atom stereocenters. The quantitative estimate of drug-likeness (QED) is 0.703. The number of aromatic nitrogens is 3. The van der Waals surface area contributed by atoms with Gasteiger partial charge in [0.05, 0.1) is 18.2 Å². The maximum atomic E-state index is 12.4. The van der Waals surface area contributed by atoms with Crippen LogP contribution >= 0.6 is 0 Å². The highest BCUT2D eigenvalue weighted by atomic mass is 16.2. The predicted molar refractivity (Wildman–Crippen MR) is 110 cm³/mol. The first-order chi connectivity index (χ1) is 14.1. The molecule has 2 heterocycles. The number of anilines is 1. The fourth-order valence-corrected chi connectivity index (χ4v) is 3.53. The Hall–Kier alpha value is -3.48. The molecule has 0 radical (unpaired) electrons. The van der Waals surface area contributed by atoms with Gasteiger partial charge in [-0.1, -0.05) is 24.3 Å². The van der Waals surface area contributed by atoms with Gasteiger partial charge in [0.25, 0.3) is 0 Å². The molecule has 2 amide bonds. The van der Waals surface area contributed by atoms with Gasteiger partial charge in [0.15, 0.2) is 0 Å². The molecular weight excluding hydrogens is 366 g/mol. The standard InChI is InChI=1S/C22H23N5O2/c1-16(18-6-10-20(11-7-18)27-15-23-14-24-27)25-21(28)13-17-4-8-19(9-5-17)26-12-2-3-22(26)29/h4-11,14-16H,2-3,12-13H2,1H3,(H,25,28)/t16-/m1/s1. The highest BCUT2D eigenvalue weighted by Crippen LogP contribution is 2.22. The highest BCUT2D eigenvalue weighted by Gasteiger charge is 2.21. The smallest absolute Gasteiger partial charge is 0.227 e. The average Bonchev–Trinajstić information content (AvgIpc) is 3.41. The van der Waals surface area contributed by atoms with Crippen molar-refractivity contribution in [1.82, 2.24) is 20.1 Å². The highest BCUT2D eigenvalue weighted by molar-refractivity contribution is 5.95. The fourth-order valence-electron chi connectivity index (χ4n) is 3.53. The lowest BCUT2D eigenvalue weighted by Gasteiger charge is -2.17. The van der Waals surface area contributed by atoms with Crippen molar-refractivity contribution in [1.29, 1.82) is 0 Å². The minimum atomic E-state index is -0.103. The van der Waals surface area contributed by atoms with E-state index in [1.807, 2.05) is 55.5 Å². The van der Waals surface area contributed by atoms with E-state index in [9.17, 15) is 9.59 Å². The van der Waals surface area contributed by atoms with Crippen molar-refractivity contribution >= 4 is 17.5 Å². The van der Waals surface area contributed by atoms with Crippen LogP contribution in [0, 0.1) is 0 Å². The predicted octanol–water partition coefficient (Wildman–Crippen LogP) is 2.81. The summed E-state index contributed by atoms with van der Waals surface area (Å²) < 4.78 is 1.69. The van der Waals surface area contributed by atoms with Crippen molar-refractivity contribution < 1.29 is 9.59 Å². The molecule has 29 heavy (non-hydrogen) atoms. The Kier molecular flexibility index (Phi) is 5.37. The Morgan fingerprint density at radius 3 is 2.45 bits per heavy atom. The molecule has 3 aromatic rings. The number of nitrogens with zero attached hydrogens (tertiary/aromatic N) is 4. The van der Waals surface area contributed by atoms with Crippen LogP contribution in [0.3, 0.4) is 0 Å². The van der Waals surface area contributed by atoms with Crippen LogP contribution in [-0.2, 0) is 16.0 Å². The number of carbonyl (C=O) groups is 2. The molecule has 0 aliphatic carbocycles. The summed E-state index contributed by atoms with van der Waals surface area (Å²) in [6.45, 7) is 2.73. The topological polar surface area (TPSA) is 80.1 Å². The van der Waals surface area contributed by atoms with Crippen molar-refractivity contribution in [2.75, 3.05) is 11.4 Å². The summed E-state index contributed by atoms with van der Waals surface area (Å²) in [7, 11) is 0. The van der Waals surface area contributed by atoms with Gasteiger partial charge in [0.2, 0.25) is 11.8 Å². The SMILES string of the molecule is C[C@@H](NC(=O)Cc1ccc(N2CCCC2=O)cc1)c1ccc(-n2cncn2)cc1. The van der Waals surface area contributed by atoms with Crippen LogP contribution in [0.5, 0.6) is 0 Å². The van der Waals surface area contributed by atoms with Crippen LogP contribution < -0.4 is 10.2 Å². The van der Waals surface area contributed by atoms with E-state index in [2.05, 4.69) is 15.4 Å². The number of benzene rings is 2. The molecule has 7 nitrogen and oxygen atoms in total. The summed E-state index contributed by atoms with van der Waals surface area (Å²) in [5.41, 5.74) is 3.76. The molecule has 0 bridgehead atoms. The molecule has 7 heteroatoms. The number of nitrogens with one attached hydrogen (secondary N) is 1. The summed E-state index contributed by atoms with van der Waals surface area (Å²) in [5, 5.41) is 7.14. The van der Waals surface area contributed by atoms with Crippen molar-refractivity contribution in [3.8, 4) is 5.69 Å². The Morgan fingerprint density at radius 1 is 1.10 bits per heavy atom. The zero-order valence-corrected chi connectivity index (χ0v) is 16.3. The molecule has 2 aromatic carbocycles. The molecule has 1 atom stereocenters. The summed E-state index contributed by atoms with van der Waals surface area (Å²) in [6, 6.07) is 15.4. The van der Waals surface area contributed by atoms with Crippen LogP contribution in [0.4, 0.5) is 5.69 Å². The lowest BCUT2D eigenvalue weighted by Crippen LogP contribution is -2.28. The third-order valence-corrected chi connectivity index (χ3v) is 5.14. The van der Waals surface area contributed by atoms with E-state index >= 15 is 0 Å². The second kappa shape index (κ2) is 8.26. The van der Waals surface area contributed by atoms with E-state index in [0.717, 1.165) is 35.5 Å². The largest absolute Gasteiger partial charge is 0.349 e. The van der Waals surface area contributed by atoms with Gasteiger partial charge in [-0.3, -0.25) is 9.59 Å². The monoisotopic (exact) mass is 389 g/mol. The summed E-state index contributed by atoms with van der Waals surface area (Å²) >= 11 is 0. The average molecular weight is 389 g/mol. The first-order valence-corrected chi connectivity index (χ1v) is 9.74. The minimum absolute atomic E-state index is 0.0390. The maximum Gasteiger partial charge on any atom is 0.227 e. The Labute approximate surface area is 169 Å². The number of hydrogen-bond donors (Lipinski definition) is 1. The van der Waals surface area contributed by atoms with Crippen molar-refractivity contribution in [3.63, 3.8) is 0 Å². The number of hydrogen-bond acceptors (Lipinski definition) is 4. The van der Waals surface area contributed by atoms with Crippen molar-refractivity contribution in [2.45, 2.75) is 32.2 Å². The van der Waals surface area contributed by atoms with E-state index in [1.54, 1.807) is 15.9 Å². The molecular formula is C22H23N5O2. The molecule has 1 N–H and O–H groups in total. The second-order valence-corrected chi connectivity index (χ2v) is 7.21. The first-order valence-electron chi connectivity index (χ1n) is 9.74. The number of amides is 2. The molecule has 0 spiro atoms. The fraction of sp³-hybridized carbons (Fsp3) is 0.273. The minimum Gasteiger partial charge on any atom is -0.349 e. The van der Waals surface area contributed by atoms with Gasteiger partial charge in [-0.05, 0) is 48.7 Å². The van der Waals surface area contributed by atoms with Crippen LogP contribution in [0.2, 0.25) is 0 Å². The van der Waals surface area contributed by atoms with Gasteiger partial charge in [-0.15, -0.1) is 0 Å². The molecule has 1 fully saturated rings. The van der Waals surface area contributed by atoms with E-state index in [-0.39, 0.29) is 17.9 Å². The molecule has 1 aromatic heterocycles. The summed E-state index contributed by atoms with van der Waals surface area (Å²) in [5.74, 6) is 0.127. The van der Waals surface area contributed by atoms with E-state index in [1.165, 1.54) is 6.33 Å². The maximum absolute atomic E-state index is 12.4. The third-order valence-electron chi connectivity index (χ3n) is 5.14. The Morgan fingerprint density at radius 2 is 1.83 bits per heavy atom. The Bertz CT molecular complexity index is 981. The lowest BCUT2D eigenvalue weighted by molar-refractivity contribution is -0.121. The van der Waals surface area contributed by atoms with Crippen LogP contribution in [-0.4, -0.2) is 33.1 Å². The molecule has 0 saturated carbocycles. The van der Waals surface area contributed by atoms with Gasteiger partial charge < -0.3 is 10.2 Å². The molecule has 1 aliphatic rings. The Balaban J connectivity index is 1.33. The van der Waals surface area contributed by atoms with Gasteiger partial charge >= 0.3 is 0 Å². The lowest BCUT2D eigenvalue weighted by atomic mass is 10.1. The molecule has 1 saturated heterocycles. The number of rotatable bonds is 6. The summed E-state index contributed by atoms with van der Waals surface area (Å²) in [6.07, 6.45) is 4.95. The normalized spacial score (nSPS) is 14.8. The van der Waals surface area contributed by atoms with Gasteiger partial charge in [-0.25, -0.2) is 9.67 Å². The summed E-state index contributed by atoms with van der Waals surface area (Å²) in [4.78, 5) is 30.0. The van der Waals surface area contributed by atoms with Gasteiger partial charge in [0, 0.05) is 18.7 Å². The van der Waals surface area contributed by atoms with Crippen molar-refractivity contribution in [3.05, 3.63) is 72.3 Å². The zero-order chi connectivity index (χ0) is 20.2. The van der Waals surface area contributed by atoms with Gasteiger partial charge in [0.1, 0.15) is 12.7 Å². The second-order valence-electron chi connectivity index (χ2n) is 7.21. The van der Waals surface area contributed by atoms with E-state index in [0.29, 0.717) is 12.8 Å². The molecule has 1 aliphatic heterocycles. The van der Waals surface area contributed by atoms with Crippen LogP contribution in [0.25, 0.3) is 5.69 Å². The zero-order valence-electron chi connectivity index (χ0n) is 16.3. The third kappa shape index (κ3) is 4.34. The molecule has 148 valence electrons. The first kappa shape index (κ1) is 18.9. The van der Waals surface area contributed by atoms with Crippen molar-refractivity contribution in [2.24, 2.45) is 0 Å². The van der Waals surface area contributed by atoms with Crippen LogP contribution in [0.1, 0.15) is 36.9 Å².